The number of nitrogens with two attached hydrogens (primary N) is 1. The molecule has 2 fully saturated rings. The molecule has 3 unspecified atom stereocenters. The fraction of sp³-hybridized carbons (Fsp3) is 0.471. The number of Topliss-reactive ketones (excluding diaryl/α,β-unsaturated/α-hetero) is 1. The second-order valence-corrected chi connectivity index (χ2v) is 7.40. The van der Waals surface area contributed by atoms with Gasteiger partial charge in [0, 0.05) is 12.5 Å². The highest BCUT2D eigenvalue weighted by Crippen LogP contribution is 2.32. The van der Waals surface area contributed by atoms with Gasteiger partial charge in [-0.1, -0.05) is 13.0 Å². The Hall–Kier alpha value is -2.22. The minimum absolute atomic E-state index is 0.0353. The Morgan fingerprint density at radius 2 is 2.16 bits per heavy atom. The van der Waals surface area contributed by atoms with Crippen LogP contribution in [0.5, 0.6) is 0 Å². The van der Waals surface area contributed by atoms with Gasteiger partial charge in [-0.2, -0.15) is 0 Å². The third kappa shape index (κ3) is 3.30. The zero-order chi connectivity index (χ0) is 18.1. The van der Waals surface area contributed by atoms with E-state index in [1.165, 1.54) is 22.7 Å². The Morgan fingerprint density at radius 3 is 2.80 bits per heavy atom. The lowest BCUT2D eigenvalue weighted by atomic mass is 10.0. The summed E-state index contributed by atoms with van der Waals surface area (Å²) >= 11 is 1.34. The van der Waals surface area contributed by atoms with Crippen molar-refractivity contribution in [1.29, 1.82) is 0 Å². The standard InChI is InChI=1S/C17H20N3O4S/c1-10(16(18)23)4-5-14(22)19-7-6-11-15(19)12(21)9-20(11)17(24)13-3-2-8-25-13/h2-3,5,8,10-11,15H,4,6-7,9H2,1H3,(H2,18,23). The summed E-state index contributed by atoms with van der Waals surface area (Å²) in [5.74, 6) is -1.44. The molecule has 2 aliphatic rings. The number of primary amides is 1. The van der Waals surface area contributed by atoms with Crippen LogP contribution in [-0.2, 0) is 14.4 Å². The number of amides is 3. The minimum Gasteiger partial charge on any atom is -0.369 e. The van der Waals surface area contributed by atoms with Crippen molar-refractivity contribution in [2.45, 2.75) is 31.8 Å². The van der Waals surface area contributed by atoms with Crippen LogP contribution in [0.15, 0.2) is 17.5 Å². The SMILES string of the molecule is CC(C[CH]C(=O)N1CCC2C1C(=O)CN2C(=O)c1cccs1)C(N)=O. The largest absolute Gasteiger partial charge is 0.369 e. The predicted octanol–water partition coefficient (Wildman–Crippen LogP) is 0.458. The molecule has 3 rings (SSSR count). The summed E-state index contributed by atoms with van der Waals surface area (Å²) in [5, 5.41) is 1.82. The second-order valence-electron chi connectivity index (χ2n) is 6.45. The Kier molecular flexibility index (Phi) is 4.89. The number of fused-ring (bicyclic) bond motifs is 1. The molecule has 1 aromatic heterocycles. The van der Waals surface area contributed by atoms with Crippen LogP contribution in [0.3, 0.4) is 0 Å². The van der Waals surface area contributed by atoms with Crippen molar-refractivity contribution < 1.29 is 19.2 Å². The van der Waals surface area contributed by atoms with Crippen LogP contribution < -0.4 is 5.73 Å². The van der Waals surface area contributed by atoms with E-state index >= 15 is 0 Å². The molecule has 25 heavy (non-hydrogen) atoms. The van der Waals surface area contributed by atoms with Crippen LogP contribution in [0.25, 0.3) is 0 Å². The van der Waals surface area contributed by atoms with Crippen molar-refractivity contribution in [1.82, 2.24) is 9.80 Å². The molecule has 3 atom stereocenters. The molecule has 8 heteroatoms. The number of hydrogen-bond acceptors (Lipinski definition) is 5. The topological polar surface area (TPSA) is 101 Å². The predicted molar refractivity (Wildman–Crippen MR) is 91.5 cm³/mol. The fourth-order valence-electron chi connectivity index (χ4n) is 3.39. The molecule has 133 valence electrons. The molecule has 1 aromatic rings. The summed E-state index contributed by atoms with van der Waals surface area (Å²) in [6, 6.07) is 2.68. The van der Waals surface area contributed by atoms with Gasteiger partial charge in [-0.25, -0.2) is 0 Å². The van der Waals surface area contributed by atoms with E-state index in [1.54, 1.807) is 24.0 Å². The van der Waals surface area contributed by atoms with Crippen LogP contribution in [0.4, 0.5) is 0 Å². The number of rotatable bonds is 5. The summed E-state index contributed by atoms with van der Waals surface area (Å²) < 4.78 is 0. The lowest BCUT2D eigenvalue weighted by Gasteiger charge is -2.24. The maximum Gasteiger partial charge on any atom is 0.264 e. The molecule has 3 amide bonds. The first-order valence-corrected chi connectivity index (χ1v) is 9.08. The van der Waals surface area contributed by atoms with E-state index in [-0.39, 0.29) is 36.6 Å². The zero-order valence-corrected chi connectivity index (χ0v) is 14.7. The Bertz CT molecular complexity index is 703. The quantitative estimate of drug-likeness (QED) is 0.822. The third-order valence-corrected chi connectivity index (χ3v) is 5.69. The number of carbonyl (C=O) groups is 4. The van der Waals surface area contributed by atoms with Gasteiger partial charge in [-0.3, -0.25) is 19.2 Å². The monoisotopic (exact) mass is 362 g/mol. The van der Waals surface area contributed by atoms with Crippen molar-refractivity contribution in [2.24, 2.45) is 11.7 Å². The van der Waals surface area contributed by atoms with Crippen molar-refractivity contribution in [3.8, 4) is 0 Å². The molecule has 0 aliphatic carbocycles. The smallest absolute Gasteiger partial charge is 0.264 e. The van der Waals surface area contributed by atoms with Crippen LogP contribution >= 0.6 is 11.3 Å². The Labute approximate surface area is 149 Å². The van der Waals surface area contributed by atoms with Gasteiger partial charge in [0.25, 0.3) is 5.91 Å². The average Bonchev–Trinajstić information content (AvgIpc) is 3.29. The molecule has 2 N–H and O–H groups in total. The summed E-state index contributed by atoms with van der Waals surface area (Å²) in [6.07, 6.45) is 2.24. The molecule has 0 spiro atoms. The minimum atomic E-state index is -0.587. The van der Waals surface area contributed by atoms with Crippen molar-refractivity contribution in [3.05, 3.63) is 28.8 Å². The molecule has 7 nitrogen and oxygen atoms in total. The van der Waals surface area contributed by atoms with Gasteiger partial charge in [0.1, 0.15) is 6.04 Å². The van der Waals surface area contributed by atoms with Crippen LogP contribution in [-0.4, -0.2) is 58.5 Å². The van der Waals surface area contributed by atoms with E-state index in [2.05, 4.69) is 0 Å². The lowest BCUT2D eigenvalue weighted by molar-refractivity contribution is -0.133. The maximum atomic E-state index is 12.6. The highest BCUT2D eigenvalue weighted by molar-refractivity contribution is 7.12. The average molecular weight is 362 g/mol. The van der Waals surface area contributed by atoms with Gasteiger partial charge >= 0.3 is 0 Å². The fourth-order valence-corrected chi connectivity index (χ4v) is 4.07. The van der Waals surface area contributed by atoms with Crippen molar-refractivity contribution in [2.75, 3.05) is 13.1 Å². The van der Waals surface area contributed by atoms with Gasteiger partial charge < -0.3 is 15.5 Å². The number of carbonyl (C=O) groups excluding carboxylic acids is 4. The molecule has 0 bridgehead atoms. The lowest BCUT2D eigenvalue weighted by Crippen LogP contribution is -2.43. The second kappa shape index (κ2) is 6.95. The summed E-state index contributed by atoms with van der Waals surface area (Å²) in [5.41, 5.74) is 5.20. The van der Waals surface area contributed by atoms with E-state index in [4.69, 9.17) is 5.73 Å². The van der Waals surface area contributed by atoms with E-state index in [1.807, 2.05) is 5.38 Å². The van der Waals surface area contributed by atoms with Crippen molar-refractivity contribution >= 4 is 34.8 Å². The van der Waals surface area contributed by atoms with Crippen LogP contribution in [0.2, 0.25) is 0 Å². The highest BCUT2D eigenvalue weighted by atomic mass is 32.1. The van der Waals surface area contributed by atoms with Gasteiger partial charge in [0.2, 0.25) is 11.8 Å². The van der Waals surface area contributed by atoms with E-state index in [0.29, 0.717) is 17.8 Å². The summed E-state index contributed by atoms with van der Waals surface area (Å²) in [7, 11) is 0. The van der Waals surface area contributed by atoms with Gasteiger partial charge in [0.05, 0.1) is 23.9 Å². The third-order valence-electron chi connectivity index (χ3n) is 4.83. The van der Waals surface area contributed by atoms with E-state index in [9.17, 15) is 19.2 Å². The van der Waals surface area contributed by atoms with Gasteiger partial charge in [0.15, 0.2) is 5.78 Å². The number of hydrogen-bond donors (Lipinski definition) is 1. The maximum absolute atomic E-state index is 12.6. The zero-order valence-electron chi connectivity index (χ0n) is 13.9. The van der Waals surface area contributed by atoms with Gasteiger partial charge in [-0.15, -0.1) is 11.3 Å². The number of nitrogens with zero attached hydrogens (tertiary/aromatic N) is 2. The molecular formula is C17H20N3O4S. The number of ketones is 1. The number of likely N-dealkylation sites (tertiary alicyclic amines) is 2. The molecule has 1 radical (unpaired) electrons. The first-order chi connectivity index (χ1) is 11.9. The molecule has 2 saturated heterocycles. The molecular weight excluding hydrogens is 342 g/mol. The molecule has 0 saturated carbocycles. The molecule has 2 aliphatic heterocycles. The van der Waals surface area contributed by atoms with Crippen molar-refractivity contribution in [3.63, 3.8) is 0 Å². The van der Waals surface area contributed by atoms with E-state index < -0.39 is 17.9 Å². The van der Waals surface area contributed by atoms with Crippen LogP contribution in [0, 0.1) is 12.3 Å². The van der Waals surface area contributed by atoms with Crippen LogP contribution in [0.1, 0.15) is 29.4 Å². The summed E-state index contributed by atoms with van der Waals surface area (Å²) in [6.45, 7) is 2.12. The normalized spacial score (nSPS) is 23.6. The first kappa shape index (κ1) is 17.6. The molecule has 3 heterocycles. The van der Waals surface area contributed by atoms with Gasteiger partial charge in [-0.05, 0) is 24.3 Å². The molecule has 0 aromatic carbocycles. The first-order valence-electron chi connectivity index (χ1n) is 8.20. The number of thiophene rings is 1. The van der Waals surface area contributed by atoms with E-state index in [0.717, 1.165) is 0 Å². The Morgan fingerprint density at radius 1 is 1.40 bits per heavy atom. The Balaban J connectivity index is 1.67. The highest BCUT2D eigenvalue weighted by Gasteiger charge is 2.51. The summed E-state index contributed by atoms with van der Waals surface area (Å²) in [4.78, 5) is 52.2.